The Bertz CT molecular complexity index is 878. The summed E-state index contributed by atoms with van der Waals surface area (Å²) in [7, 11) is 0. The number of halogens is 2. The van der Waals surface area contributed by atoms with E-state index in [2.05, 4.69) is 20.7 Å². The van der Waals surface area contributed by atoms with E-state index in [4.69, 9.17) is 23.2 Å². The molecule has 0 saturated carbocycles. The van der Waals surface area contributed by atoms with Crippen LogP contribution in [0.4, 0.5) is 11.4 Å². The van der Waals surface area contributed by atoms with Gasteiger partial charge in [-0.1, -0.05) is 23.2 Å². The van der Waals surface area contributed by atoms with Gasteiger partial charge in [-0.2, -0.15) is 5.10 Å². The lowest BCUT2D eigenvalue weighted by atomic mass is 10.2. The third-order valence-corrected chi connectivity index (χ3v) is 4.28. The lowest BCUT2D eigenvalue weighted by Crippen LogP contribution is -2.32. The van der Waals surface area contributed by atoms with Gasteiger partial charge in [0.15, 0.2) is 0 Å². The molecule has 2 aromatic carbocycles. The quantitative estimate of drug-likeness (QED) is 0.376. The molecule has 0 atom stereocenters. The Kier molecular flexibility index (Phi) is 7.66. The van der Waals surface area contributed by atoms with Crippen LogP contribution >= 0.6 is 23.2 Å². The highest BCUT2D eigenvalue weighted by Gasteiger charge is 2.13. The second-order valence-electron chi connectivity index (χ2n) is 5.73. The number of amides is 2. The molecule has 0 aliphatic rings. The van der Waals surface area contributed by atoms with Crippen LogP contribution in [0.2, 0.25) is 10.0 Å². The third-order valence-electron chi connectivity index (χ3n) is 3.84. The van der Waals surface area contributed by atoms with Crippen LogP contribution in [0.15, 0.2) is 41.5 Å². The molecule has 28 heavy (non-hydrogen) atoms. The smallest absolute Gasteiger partial charge is 0.329 e. The maximum Gasteiger partial charge on any atom is 0.329 e. The molecule has 0 aliphatic carbocycles. The van der Waals surface area contributed by atoms with E-state index in [0.29, 0.717) is 15.6 Å². The predicted octanol–water partition coefficient (Wildman–Crippen LogP) is 3.63. The molecule has 9 heteroatoms. The van der Waals surface area contributed by atoms with E-state index in [1.54, 1.807) is 12.1 Å². The lowest BCUT2D eigenvalue weighted by molar-refractivity contribution is -0.136. The van der Waals surface area contributed by atoms with Gasteiger partial charge in [-0.05, 0) is 44.2 Å². The van der Waals surface area contributed by atoms with Crippen LogP contribution in [-0.2, 0) is 9.59 Å². The van der Waals surface area contributed by atoms with Crippen molar-refractivity contribution in [2.75, 3.05) is 23.3 Å². The van der Waals surface area contributed by atoms with Crippen LogP contribution in [-0.4, -0.2) is 36.2 Å². The van der Waals surface area contributed by atoms with Gasteiger partial charge in [-0.25, -0.2) is 5.43 Å². The molecule has 2 amide bonds. The summed E-state index contributed by atoms with van der Waals surface area (Å²) in [5.74, 6) is -1.90. The molecule has 7 nitrogen and oxygen atoms in total. The van der Waals surface area contributed by atoms with E-state index in [1.165, 1.54) is 24.4 Å². The topological polar surface area (TPSA) is 94.0 Å². The van der Waals surface area contributed by atoms with Gasteiger partial charge in [0, 0.05) is 46.1 Å². The first-order chi connectivity index (χ1) is 13.3. The molecule has 0 heterocycles. The van der Waals surface area contributed by atoms with Crippen LogP contribution in [0.1, 0.15) is 19.4 Å². The number of hydrazone groups is 1. The summed E-state index contributed by atoms with van der Waals surface area (Å²) >= 11 is 11.7. The second-order valence-corrected chi connectivity index (χ2v) is 6.60. The normalized spacial score (nSPS) is 10.7. The van der Waals surface area contributed by atoms with E-state index in [0.717, 1.165) is 18.8 Å². The van der Waals surface area contributed by atoms with Crippen molar-refractivity contribution in [3.05, 3.63) is 52.0 Å². The summed E-state index contributed by atoms with van der Waals surface area (Å²) in [4.78, 5) is 25.8. The Morgan fingerprint density at radius 2 is 1.71 bits per heavy atom. The Morgan fingerprint density at radius 3 is 2.29 bits per heavy atom. The van der Waals surface area contributed by atoms with E-state index < -0.39 is 11.8 Å². The van der Waals surface area contributed by atoms with Crippen LogP contribution in [0.5, 0.6) is 5.75 Å². The van der Waals surface area contributed by atoms with Gasteiger partial charge in [-0.3, -0.25) is 9.59 Å². The van der Waals surface area contributed by atoms with Gasteiger partial charge in [-0.15, -0.1) is 0 Å². The monoisotopic (exact) mass is 422 g/mol. The predicted molar refractivity (Wildman–Crippen MR) is 112 cm³/mol. The summed E-state index contributed by atoms with van der Waals surface area (Å²) in [5, 5.41) is 16.8. The van der Waals surface area contributed by atoms with Gasteiger partial charge >= 0.3 is 11.8 Å². The first kappa shape index (κ1) is 21.5. The molecule has 0 radical (unpaired) electrons. The zero-order chi connectivity index (χ0) is 20.7. The van der Waals surface area contributed by atoms with Gasteiger partial charge in [0.25, 0.3) is 0 Å². The van der Waals surface area contributed by atoms with Crippen LogP contribution < -0.4 is 15.6 Å². The van der Waals surface area contributed by atoms with Crippen molar-refractivity contribution in [3.8, 4) is 5.75 Å². The molecule has 148 valence electrons. The molecule has 0 unspecified atom stereocenters. The average Bonchev–Trinajstić information content (AvgIpc) is 2.63. The molecule has 2 aromatic rings. The second kappa shape index (κ2) is 9.96. The molecule has 0 saturated heterocycles. The molecule has 0 aliphatic heterocycles. The molecule has 0 spiro atoms. The number of nitrogens with one attached hydrogen (secondary N) is 2. The van der Waals surface area contributed by atoms with Crippen molar-refractivity contribution in [2.24, 2.45) is 5.10 Å². The standard InChI is InChI=1S/C19H20Cl2N4O3/c1-3-25(4-2)16-6-5-12(17(26)10-16)11-22-24-19(28)18(27)23-15-8-13(20)7-14(21)9-15/h5-11,26H,3-4H2,1-2H3,(H,23,27)(H,24,28)/b22-11+. The third kappa shape index (κ3) is 5.87. The fraction of sp³-hybridized carbons (Fsp3) is 0.211. The Labute approximate surface area is 172 Å². The number of anilines is 2. The summed E-state index contributed by atoms with van der Waals surface area (Å²) in [5.41, 5.74) is 3.66. The van der Waals surface area contributed by atoms with Crippen LogP contribution in [0, 0.1) is 0 Å². The first-order valence-corrected chi connectivity index (χ1v) is 9.28. The number of hydrogen-bond donors (Lipinski definition) is 3. The van der Waals surface area contributed by atoms with Crippen LogP contribution in [0.3, 0.4) is 0 Å². The van der Waals surface area contributed by atoms with E-state index in [-0.39, 0.29) is 11.4 Å². The number of phenols is 1. The SMILES string of the molecule is CCN(CC)c1ccc(/C=N/NC(=O)C(=O)Nc2cc(Cl)cc(Cl)c2)c(O)c1. The maximum absolute atomic E-state index is 11.9. The molecule has 0 bridgehead atoms. The lowest BCUT2D eigenvalue weighted by Gasteiger charge is -2.21. The summed E-state index contributed by atoms with van der Waals surface area (Å²) in [6, 6.07) is 9.54. The Hall–Kier alpha value is -2.77. The number of aromatic hydroxyl groups is 1. The van der Waals surface area contributed by atoms with E-state index in [9.17, 15) is 14.7 Å². The number of benzene rings is 2. The Morgan fingerprint density at radius 1 is 1.07 bits per heavy atom. The number of hydrogen-bond acceptors (Lipinski definition) is 5. The van der Waals surface area contributed by atoms with E-state index in [1.807, 2.05) is 19.9 Å². The van der Waals surface area contributed by atoms with Crippen LogP contribution in [0.25, 0.3) is 0 Å². The fourth-order valence-electron chi connectivity index (χ4n) is 2.45. The molecule has 0 aromatic heterocycles. The summed E-state index contributed by atoms with van der Waals surface area (Å²) in [6.07, 6.45) is 1.25. The first-order valence-electron chi connectivity index (χ1n) is 8.52. The summed E-state index contributed by atoms with van der Waals surface area (Å²) in [6.45, 7) is 5.67. The number of phenolic OH excluding ortho intramolecular Hbond substituents is 1. The molecule has 2 rings (SSSR count). The zero-order valence-corrected chi connectivity index (χ0v) is 16.9. The van der Waals surface area contributed by atoms with E-state index >= 15 is 0 Å². The molecule has 0 fully saturated rings. The van der Waals surface area contributed by atoms with Crippen molar-refractivity contribution in [1.82, 2.24) is 5.43 Å². The number of carbonyl (C=O) groups excluding carboxylic acids is 2. The van der Waals surface area contributed by atoms with Crippen molar-refractivity contribution in [3.63, 3.8) is 0 Å². The Balaban J connectivity index is 1.98. The minimum absolute atomic E-state index is 0.0143. The van der Waals surface area contributed by atoms with Gasteiger partial charge in [0.2, 0.25) is 0 Å². The fourth-order valence-corrected chi connectivity index (χ4v) is 2.98. The zero-order valence-electron chi connectivity index (χ0n) is 15.4. The highest BCUT2D eigenvalue weighted by atomic mass is 35.5. The molecular weight excluding hydrogens is 403 g/mol. The summed E-state index contributed by atoms with van der Waals surface area (Å²) < 4.78 is 0. The minimum atomic E-state index is -0.980. The van der Waals surface area contributed by atoms with Crippen molar-refractivity contribution < 1.29 is 14.7 Å². The largest absolute Gasteiger partial charge is 0.507 e. The minimum Gasteiger partial charge on any atom is -0.507 e. The van der Waals surface area contributed by atoms with Crippen molar-refractivity contribution >= 4 is 52.6 Å². The van der Waals surface area contributed by atoms with Crippen molar-refractivity contribution in [2.45, 2.75) is 13.8 Å². The van der Waals surface area contributed by atoms with Gasteiger partial charge in [0.1, 0.15) is 5.75 Å². The highest BCUT2D eigenvalue weighted by Crippen LogP contribution is 2.24. The number of nitrogens with zero attached hydrogens (tertiary/aromatic N) is 2. The maximum atomic E-state index is 11.9. The number of carbonyl (C=O) groups is 2. The average molecular weight is 423 g/mol. The molecular formula is C19H20Cl2N4O3. The highest BCUT2D eigenvalue weighted by molar-refractivity contribution is 6.40. The van der Waals surface area contributed by atoms with Crippen molar-refractivity contribution in [1.29, 1.82) is 0 Å². The number of rotatable bonds is 6. The molecule has 3 N–H and O–H groups in total. The van der Waals surface area contributed by atoms with Gasteiger partial charge < -0.3 is 15.3 Å². The van der Waals surface area contributed by atoms with Gasteiger partial charge in [0.05, 0.1) is 6.21 Å².